The van der Waals surface area contributed by atoms with Crippen LogP contribution in [0.5, 0.6) is 0 Å². The average molecular weight is 406 g/mol. The Kier molecular flexibility index (Phi) is 4.34. The van der Waals surface area contributed by atoms with E-state index in [4.69, 9.17) is 0 Å². The van der Waals surface area contributed by atoms with Crippen molar-refractivity contribution in [3.63, 3.8) is 0 Å². The van der Waals surface area contributed by atoms with Gasteiger partial charge in [0.15, 0.2) is 11.2 Å². The molecule has 0 aliphatic carbocycles. The van der Waals surface area contributed by atoms with E-state index in [9.17, 15) is 14.4 Å². The molecule has 0 radical (unpaired) electrons. The minimum atomic E-state index is -0.589. The van der Waals surface area contributed by atoms with Gasteiger partial charge in [0.1, 0.15) is 6.54 Å². The Morgan fingerprint density at radius 2 is 2.00 bits per heavy atom. The van der Waals surface area contributed by atoms with Crippen LogP contribution in [0.15, 0.2) is 38.6 Å². The average Bonchev–Trinajstić information content (AvgIpc) is 2.94. The second-order valence-electron chi connectivity index (χ2n) is 5.79. The number of carbonyl (C=O) groups is 1. The third-order valence-electron chi connectivity index (χ3n) is 3.90. The molecule has 3 rings (SSSR count). The van der Waals surface area contributed by atoms with E-state index in [1.165, 1.54) is 22.5 Å². The van der Waals surface area contributed by atoms with Gasteiger partial charge in [-0.05, 0) is 40.5 Å². The lowest BCUT2D eigenvalue weighted by Gasteiger charge is -2.10. The van der Waals surface area contributed by atoms with Crippen LogP contribution in [-0.2, 0) is 25.4 Å². The minimum Gasteiger partial charge on any atom is -0.328 e. The van der Waals surface area contributed by atoms with Crippen molar-refractivity contribution >= 4 is 38.7 Å². The van der Waals surface area contributed by atoms with Gasteiger partial charge >= 0.3 is 5.69 Å². The monoisotopic (exact) mass is 405 g/mol. The maximum absolute atomic E-state index is 12.6. The van der Waals surface area contributed by atoms with Crippen molar-refractivity contribution in [2.45, 2.75) is 13.5 Å². The molecule has 8 nitrogen and oxygen atoms in total. The van der Waals surface area contributed by atoms with E-state index in [0.717, 1.165) is 14.6 Å². The number of amides is 1. The highest BCUT2D eigenvalue weighted by molar-refractivity contribution is 9.10. The SMILES string of the molecule is Cc1ccc(NC(=O)Cn2c(=O)c3c(ncn3C)n(C)c2=O)c(Br)c1. The Morgan fingerprint density at radius 1 is 1.28 bits per heavy atom. The molecule has 0 fully saturated rings. The van der Waals surface area contributed by atoms with Gasteiger partial charge in [-0.2, -0.15) is 0 Å². The van der Waals surface area contributed by atoms with Gasteiger partial charge in [-0.3, -0.25) is 14.2 Å². The molecule has 2 aromatic heterocycles. The number of fused-ring (bicyclic) bond motifs is 1. The summed E-state index contributed by atoms with van der Waals surface area (Å²) in [7, 11) is 3.18. The fraction of sp³-hybridized carbons (Fsp3) is 0.250. The number of aromatic nitrogens is 4. The number of aryl methyl sites for hydroxylation is 3. The summed E-state index contributed by atoms with van der Waals surface area (Å²) in [6.45, 7) is 1.55. The summed E-state index contributed by atoms with van der Waals surface area (Å²) in [5.74, 6) is -0.467. The first-order valence-electron chi connectivity index (χ1n) is 7.46. The lowest BCUT2D eigenvalue weighted by Crippen LogP contribution is -2.42. The molecule has 0 bridgehead atoms. The largest absolute Gasteiger partial charge is 0.332 e. The van der Waals surface area contributed by atoms with E-state index in [-0.39, 0.29) is 17.7 Å². The van der Waals surface area contributed by atoms with Crippen LogP contribution in [0.2, 0.25) is 0 Å². The quantitative estimate of drug-likeness (QED) is 0.707. The molecular weight excluding hydrogens is 390 g/mol. The summed E-state index contributed by atoms with van der Waals surface area (Å²) < 4.78 is 4.41. The van der Waals surface area contributed by atoms with Gasteiger partial charge < -0.3 is 9.88 Å². The third kappa shape index (κ3) is 3.02. The van der Waals surface area contributed by atoms with Crippen LogP contribution in [0, 0.1) is 6.92 Å². The van der Waals surface area contributed by atoms with Gasteiger partial charge in [-0.25, -0.2) is 14.3 Å². The van der Waals surface area contributed by atoms with Crippen molar-refractivity contribution in [1.82, 2.24) is 18.7 Å². The van der Waals surface area contributed by atoms with Gasteiger partial charge in [0.2, 0.25) is 5.91 Å². The van der Waals surface area contributed by atoms with Gasteiger partial charge in [0.05, 0.1) is 12.0 Å². The maximum atomic E-state index is 12.6. The number of nitrogens with one attached hydrogen (secondary N) is 1. The predicted octanol–water partition coefficient (Wildman–Crippen LogP) is 1.14. The molecule has 130 valence electrons. The van der Waals surface area contributed by atoms with Crippen LogP contribution in [0.25, 0.3) is 11.2 Å². The zero-order chi connectivity index (χ0) is 18.3. The molecule has 1 amide bonds. The van der Waals surface area contributed by atoms with Crippen molar-refractivity contribution in [3.8, 4) is 0 Å². The first kappa shape index (κ1) is 17.2. The lowest BCUT2D eigenvalue weighted by molar-refractivity contribution is -0.116. The standard InChI is InChI=1S/C16H16BrN5O3/c1-9-4-5-11(10(17)6-9)19-12(23)7-22-15(24)13-14(18-8-20(13)2)21(3)16(22)25/h4-6,8H,7H2,1-3H3,(H,19,23). The molecule has 0 aliphatic heterocycles. The zero-order valence-electron chi connectivity index (χ0n) is 13.9. The number of halogens is 1. The molecule has 0 aliphatic rings. The molecular formula is C16H16BrN5O3. The number of benzene rings is 1. The van der Waals surface area contributed by atoms with Crippen molar-refractivity contribution < 1.29 is 4.79 Å². The molecule has 25 heavy (non-hydrogen) atoms. The number of hydrogen-bond donors (Lipinski definition) is 1. The summed E-state index contributed by atoms with van der Waals surface area (Å²) in [4.78, 5) is 41.4. The van der Waals surface area contributed by atoms with Crippen molar-refractivity contribution in [2.75, 3.05) is 5.32 Å². The molecule has 1 aromatic carbocycles. The number of anilines is 1. The molecule has 3 aromatic rings. The van der Waals surface area contributed by atoms with Crippen LogP contribution >= 0.6 is 15.9 Å². The van der Waals surface area contributed by atoms with Gasteiger partial charge in [-0.1, -0.05) is 6.07 Å². The van der Waals surface area contributed by atoms with Gasteiger partial charge in [0.25, 0.3) is 5.56 Å². The Balaban J connectivity index is 1.98. The third-order valence-corrected chi connectivity index (χ3v) is 4.56. The summed E-state index contributed by atoms with van der Waals surface area (Å²) >= 11 is 3.38. The van der Waals surface area contributed by atoms with Crippen molar-refractivity contribution in [1.29, 1.82) is 0 Å². The van der Waals surface area contributed by atoms with Gasteiger partial charge in [-0.15, -0.1) is 0 Å². The smallest absolute Gasteiger partial charge is 0.328 e. The predicted molar refractivity (Wildman–Crippen MR) is 97.7 cm³/mol. The second-order valence-corrected chi connectivity index (χ2v) is 6.65. The molecule has 0 saturated carbocycles. The molecule has 0 unspecified atom stereocenters. The Bertz CT molecular complexity index is 1110. The fourth-order valence-corrected chi connectivity index (χ4v) is 3.18. The number of hydrogen-bond acceptors (Lipinski definition) is 4. The van der Waals surface area contributed by atoms with Crippen LogP contribution in [-0.4, -0.2) is 24.6 Å². The Morgan fingerprint density at radius 3 is 2.68 bits per heavy atom. The van der Waals surface area contributed by atoms with Crippen LogP contribution in [0.1, 0.15) is 5.56 Å². The first-order chi connectivity index (χ1) is 11.8. The van der Waals surface area contributed by atoms with Crippen LogP contribution in [0.3, 0.4) is 0 Å². The van der Waals surface area contributed by atoms with E-state index in [1.54, 1.807) is 13.1 Å². The van der Waals surface area contributed by atoms with E-state index in [2.05, 4.69) is 26.2 Å². The minimum absolute atomic E-state index is 0.270. The molecule has 1 N–H and O–H groups in total. The lowest BCUT2D eigenvalue weighted by atomic mass is 10.2. The molecule has 2 heterocycles. The first-order valence-corrected chi connectivity index (χ1v) is 8.25. The molecule has 0 spiro atoms. The summed E-state index contributed by atoms with van der Waals surface area (Å²) in [5, 5.41) is 2.70. The Labute approximate surface area is 150 Å². The van der Waals surface area contributed by atoms with Crippen molar-refractivity contribution in [2.24, 2.45) is 14.1 Å². The highest BCUT2D eigenvalue weighted by Gasteiger charge is 2.17. The van der Waals surface area contributed by atoms with Crippen LogP contribution in [0.4, 0.5) is 5.69 Å². The summed E-state index contributed by atoms with van der Waals surface area (Å²) in [5.41, 5.74) is 1.03. The van der Waals surface area contributed by atoms with E-state index in [1.807, 2.05) is 19.1 Å². The molecule has 9 heteroatoms. The highest BCUT2D eigenvalue weighted by atomic mass is 79.9. The highest BCUT2D eigenvalue weighted by Crippen LogP contribution is 2.23. The second kappa shape index (κ2) is 6.32. The fourth-order valence-electron chi connectivity index (χ4n) is 2.59. The number of rotatable bonds is 3. The normalized spacial score (nSPS) is 11.0. The van der Waals surface area contributed by atoms with Gasteiger partial charge in [0, 0.05) is 18.6 Å². The zero-order valence-corrected chi connectivity index (χ0v) is 15.5. The summed E-state index contributed by atoms with van der Waals surface area (Å²) in [6.07, 6.45) is 1.46. The number of carbonyl (C=O) groups excluding carboxylic acids is 1. The number of imidazole rings is 1. The topological polar surface area (TPSA) is 90.9 Å². The summed E-state index contributed by atoms with van der Waals surface area (Å²) in [6, 6.07) is 5.47. The van der Waals surface area contributed by atoms with Crippen LogP contribution < -0.4 is 16.6 Å². The molecule has 0 atom stereocenters. The van der Waals surface area contributed by atoms with E-state index < -0.39 is 17.2 Å². The van der Waals surface area contributed by atoms with Crippen molar-refractivity contribution in [3.05, 3.63) is 55.4 Å². The Hall–Kier alpha value is -2.68. The number of nitrogens with zero attached hydrogens (tertiary/aromatic N) is 4. The van der Waals surface area contributed by atoms with E-state index >= 15 is 0 Å². The van der Waals surface area contributed by atoms with E-state index in [0.29, 0.717) is 5.69 Å². The maximum Gasteiger partial charge on any atom is 0.332 e. The molecule has 0 saturated heterocycles.